The Hall–Kier alpha value is -3.36. The van der Waals surface area contributed by atoms with Gasteiger partial charge < -0.3 is 28.4 Å². The molecule has 0 fully saturated rings. The van der Waals surface area contributed by atoms with Crippen molar-refractivity contribution in [3.05, 3.63) is 47.5 Å². The maximum atomic E-state index is 12.7. The van der Waals surface area contributed by atoms with Crippen LogP contribution in [0, 0.1) is 13.8 Å². The van der Waals surface area contributed by atoms with Gasteiger partial charge in [-0.2, -0.15) is 0 Å². The Morgan fingerprint density at radius 3 is 1.30 bits per heavy atom. The van der Waals surface area contributed by atoms with Crippen LogP contribution >= 0.6 is 0 Å². The fourth-order valence-corrected chi connectivity index (χ4v) is 5.74. The molecule has 8 heteroatoms. The second kappa shape index (κ2) is 23.2. The Kier molecular flexibility index (Phi) is 19.0. The van der Waals surface area contributed by atoms with Crippen LogP contribution in [0.2, 0.25) is 0 Å². The van der Waals surface area contributed by atoms with Crippen LogP contribution in [0.15, 0.2) is 36.4 Å². The highest BCUT2D eigenvalue weighted by Crippen LogP contribution is 2.43. The maximum absolute atomic E-state index is 12.7. The van der Waals surface area contributed by atoms with E-state index in [0.29, 0.717) is 37.6 Å². The van der Waals surface area contributed by atoms with Gasteiger partial charge in [-0.25, -0.2) is 0 Å². The highest BCUT2D eigenvalue weighted by Gasteiger charge is 2.23. The van der Waals surface area contributed by atoms with Crippen LogP contribution < -0.4 is 9.47 Å². The fourth-order valence-electron chi connectivity index (χ4n) is 5.74. The molecule has 8 nitrogen and oxygen atoms in total. The van der Waals surface area contributed by atoms with E-state index in [1.54, 1.807) is 0 Å². The van der Waals surface area contributed by atoms with E-state index in [1.165, 1.54) is 0 Å². The summed E-state index contributed by atoms with van der Waals surface area (Å²) in [6.07, 6.45) is 9.40. The number of carbonyl (C=O) groups is 2. The number of fused-ring (bicyclic) bond motifs is 2. The number of carbonyl (C=O) groups excluding carboxylic acids is 2. The van der Waals surface area contributed by atoms with Crippen LogP contribution in [-0.2, 0) is 28.5 Å². The molecule has 0 N–H and O–H groups in total. The second-order valence-electron chi connectivity index (χ2n) is 13.4. The first-order valence-electron chi connectivity index (χ1n) is 19.1. The number of ether oxygens (including phenoxy) is 6. The molecule has 0 heterocycles. The minimum absolute atomic E-state index is 0.156. The third-order valence-electron chi connectivity index (χ3n) is 8.61. The predicted octanol–water partition coefficient (Wildman–Crippen LogP) is 9.99. The molecule has 0 aliphatic heterocycles. The van der Waals surface area contributed by atoms with E-state index in [-0.39, 0.29) is 38.4 Å². The second-order valence-corrected chi connectivity index (χ2v) is 13.4. The maximum Gasteiger partial charge on any atom is 0.306 e. The zero-order valence-electron chi connectivity index (χ0n) is 31.6. The van der Waals surface area contributed by atoms with Crippen molar-refractivity contribution in [2.45, 2.75) is 131 Å². The molecule has 278 valence electrons. The molecule has 0 aromatic heterocycles. The number of rotatable bonds is 26. The van der Waals surface area contributed by atoms with Gasteiger partial charge in [-0.3, -0.25) is 9.59 Å². The molecule has 0 saturated heterocycles. The van der Waals surface area contributed by atoms with Gasteiger partial charge in [0.2, 0.25) is 0 Å². The molecule has 0 aliphatic carbocycles. The first kappa shape index (κ1) is 41.1. The van der Waals surface area contributed by atoms with Crippen molar-refractivity contribution >= 4 is 33.5 Å². The molecule has 0 aliphatic rings. The monoisotopic (exact) mass is 694 g/mol. The number of esters is 2. The van der Waals surface area contributed by atoms with Gasteiger partial charge in [0.05, 0.1) is 13.2 Å². The Morgan fingerprint density at radius 2 is 0.920 bits per heavy atom. The van der Waals surface area contributed by atoms with E-state index in [2.05, 4.69) is 64.1 Å². The summed E-state index contributed by atoms with van der Waals surface area (Å²) in [5.74, 6) is 0.936. The van der Waals surface area contributed by atoms with E-state index in [4.69, 9.17) is 28.4 Å². The number of hydrogen-bond donors (Lipinski definition) is 0. The summed E-state index contributed by atoms with van der Waals surface area (Å²) in [5, 5.41) is 3.55. The zero-order valence-corrected chi connectivity index (χ0v) is 31.6. The normalized spacial score (nSPS) is 12.6. The lowest BCUT2D eigenvalue weighted by Gasteiger charge is -2.23. The number of aryl methyl sites for hydroxylation is 2. The topological polar surface area (TPSA) is 89.5 Å². The average Bonchev–Trinajstić information content (AvgIpc) is 3.10. The minimum atomic E-state index is -0.544. The number of hydrogen-bond acceptors (Lipinski definition) is 8. The highest BCUT2D eigenvalue weighted by molar-refractivity contribution is 6.11. The Bertz CT molecular complexity index is 1340. The smallest absolute Gasteiger partial charge is 0.306 e. The molecule has 2 atom stereocenters. The van der Waals surface area contributed by atoms with E-state index in [9.17, 15) is 9.59 Å². The van der Waals surface area contributed by atoms with Crippen LogP contribution in [0.1, 0.15) is 116 Å². The molecule has 0 spiro atoms. The summed E-state index contributed by atoms with van der Waals surface area (Å²) in [4.78, 5) is 25.4. The SMILES string of the molecule is CCCCCOCC(COc1c2ccc(C)cc2c(OCC(COCCCCC)OC(=O)CCCC)c2ccc(C)cc12)OC(=O)CCCC. The van der Waals surface area contributed by atoms with E-state index in [0.717, 1.165) is 96.9 Å². The first-order valence-corrected chi connectivity index (χ1v) is 19.1. The highest BCUT2D eigenvalue weighted by atomic mass is 16.6. The van der Waals surface area contributed by atoms with Crippen LogP contribution in [0.5, 0.6) is 11.5 Å². The summed E-state index contributed by atoms with van der Waals surface area (Å²) in [6.45, 7) is 14.6. The van der Waals surface area contributed by atoms with Crippen molar-refractivity contribution in [3.63, 3.8) is 0 Å². The Morgan fingerprint density at radius 1 is 0.520 bits per heavy atom. The van der Waals surface area contributed by atoms with Gasteiger partial charge in [-0.1, -0.05) is 102 Å². The van der Waals surface area contributed by atoms with Crippen molar-refractivity contribution < 1.29 is 38.0 Å². The summed E-state index contributed by atoms with van der Waals surface area (Å²) in [5.41, 5.74) is 2.15. The lowest BCUT2D eigenvalue weighted by Crippen LogP contribution is -2.30. The third kappa shape index (κ3) is 13.7. The Balaban J connectivity index is 1.94. The fraction of sp³-hybridized carbons (Fsp3) is 0.619. The largest absolute Gasteiger partial charge is 0.488 e. The van der Waals surface area contributed by atoms with E-state index in [1.807, 2.05) is 13.8 Å². The molecule has 3 aromatic rings. The molecule has 3 aromatic carbocycles. The lowest BCUT2D eigenvalue weighted by molar-refractivity contribution is -0.155. The zero-order chi connectivity index (χ0) is 36.1. The van der Waals surface area contributed by atoms with Gasteiger partial charge in [0.15, 0.2) is 12.2 Å². The van der Waals surface area contributed by atoms with Crippen molar-refractivity contribution in [1.82, 2.24) is 0 Å². The van der Waals surface area contributed by atoms with Crippen molar-refractivity contribution in [2.24, 2.45) is 0 Å². The van der Waals surface area contributed by atoms with Gasteiger partial charge in [0, 0.05) is 47.6 Å². The third-order valence-corrected chi connectivity index (χ3v) is 8.61. The molecule has 0 radical (unpaired) electrons. The minimum Gasteiger partial charge on any atom is -0.488 e. The van der Waals surface area contributed by atoms with Gasteiger partial charge >= 0.3 is 11.9 Å². The average molecular weight is 695 g/mol. The van der Waals surface area contributed by atoms with Gasteiger partial charge in [-0.15, -0.1) is 0 Å². The number of unbranched alkanes of at least 4 members (excludes halogenated alkanes) is 6. The Labute approximate surface area is 300 Å². The molecule has 2 unspecified atom stereocenters. The van der Waals surface area contributed by atoms with Crippen molar-refractivity contribution in [1.29, 1.82) is 0 Å². The quantitative estimate of drug-likeness (QED) is 0.0466. The first-order chi connectivity index (χ1) is 24.3. The summed E-state index contributed by atoms with van der Waals surface area (Å²) >= 11 is 0. The standard InChI is InChI=1S/C42H62O8/c1-7-11-15-23-45-27-33(49-39(43)17-13-9-3)29-47-41-35-21-19-32(6)26-38(35)42(36-22-20-31(5)25-37(36)41)48-30-34(28-46-24-16-12-8-2)50-40(44)18-14-10-4/h19-22,25-26,33-34H,7-18,23-24,27-30H2,1-6H3. The van der Waals surface area contributed by atoms with Gasteiger partial charge in [0.25, 0.3) is 0 Å². The van der Waals surface area contributed by atoms with Crippen LogP contribution in [-0.4, -0.2) is 63.8 Å². The van der Waals surface area contributed by atoms with Crippen LogP contribution in [0.3, 0.4) is 0 Å². The van der Waals surface area contributed by atoms with Crippen molar-refractivity contribution in [3.8, 4) is 11.5 Å². The van der Waals surface area contributed by atoms with Gasteiger partial charge in [-0.05, 0) is 51.7 Å². The molecule has 0 amide bonds. The molecular weight excluding hydrogens is 632 g/mol. The molecule has 50 heavy (non-hydrogen) atoms. The molecule has 0 bridgehead atoms. The number of benzene rings is 3. The summed E-state index contributed by atoms with van der Waals surface area (Å²) in [6, 6.07) is 12.4. The lowest BCUT2D eigenvalue weighted by atomic mass is 9.97. The van der Waals surface area contributed by atoms with E-state index >= 15 is 0 Å². The molecule has 0 saturated carbocycles. The molecular formula is C42H62O8. The van der Waals surface area contributed by atoms with E-state index < -0.39 is 12.2 Å². The van der Waals surface area contributed by atoms with Crippen molar-refractivity contribution in [2.75, 3.05) is 39.6 Å². The van der Waals surface area contributed by atoms with Crippen LogP contribution in [0.4, 0.5) is 0 Å². The van der Waals surface area contributed by atoms with Crippen LogP contribution in [0.25, 0.3) is 21.5 Å². The van der Waals surface area contributed by atoms with Gasteiger partial charge in [0.1, 0.15) is 24.7 Å². The summed E-state index contributed by atoms with van der Waals surface area (Å²) in [7, 11) is 0. The predicted molar refractivity (Wildman–Crippen MR) is 201 cm³/mol. The molecule has 3 rings (SSSR count). The summed E-state index contributed by atoms with van der Waals surface area (Å²) < 4.78 is 36.9.